The van der Waals surface area contributed by atoms with Crippen molar-refractivity contribution >= 4 is 6.03 Å². The van der Waals surface area contributed by atoms with Crippen molar-refractivity contribution < 1.29 is 9.90 Å². The lowest BCUT2D eigenvalue weighted by Crippen LogP contribution is -2.46. The molecule has 0 bridgehead atoms. The van der Waals surface area contributed by atoms with E-state index in [2.05, 4.69) is 16.7 Å². The number of carbonyl (C=O) groups is 1. The van der Waals surface area contributed by atoms with Crippen LogP contribution in [0.1, 0.15) is 49.7 Å². The number of hydrogen-bond donors (Lipinski definition) is 3. The van der Waals surface area contributed by atoms with Crippen molar-refractivity contribution in [1.29, 1.82) is 5.26 Å². The van der Waals surface area contributed by atoms with Crippen LogP contribution >= 0.6 is 0 Å². The molecule has 5 heteroatoms. The summed E-state index contributed by atoms with van der Waals surface area (Å²) in [7, 11) is 0. The second-order valence-corrected chi connectivity index (χ2v) is 6.15. The molecule has 0 heterocycles. The van der Waals surface area contributed by atoms with Gasteiger partial charge in [0.25, 0.3) is 0 Å². The Morgan fingerprint density at radius 3 is 2.57 bits per heavy atom. The Kier molecular flexibility index (Phi) is 6.89. The lowest BCUT2D eigenvalue weighted by Gasteiger charge is -2.30. The lowest BCUT2D eigenvalue weighted by molar-refractivity contribution is 0.196. The zero-order valence-electron chi connectivity index (χ0n) is 13.4. The van der Waals surface area contributed by atoms with Crippen LogP contribution in [0.3, 0.4) is 0 Å². The molecule has 0 saturated heterocycles. The van der Waals surface area contributed by atoms with E-state index >= 15 is 0 Å². The van der Waals surface area contributed by atoms with Crippen LogP contribution in [0.4, 0.5) is 4.79 Å². The number of aliphatic hydroxyl groups is 1. The average Bonchev–Trinajstić information content (AvgIpc) is 2.61. The molecule has 0 radical (unpaired) electrons. The molecule has 124 valence electrons. The van der Waals surface area contributed by atoms with Gasteiger partial charge in [-0.3, -0.25) is 0 Å². The molecule has 1 atom stereocenters. The zero-order chi connectivity index (χ0) is 16.5. The van der Waals surface area contributed by atoms with Crippen molar-refractivity contribution in [3.05, 3.63) is 35.4 Å². The Balaban J connectivity index is 1.82. The van der Waals surface area contributed by atoms with Crippen molar-refractivity contribution in [2.75, 3.05) is 6.61 Å². The fraction of sp³-hybridized carbons (Fsp3) is 0.556. The number of aliphatic hydroxyl groups excluding tert-OH is 1. The average molecular weight is 315 g/mol. The highest BCUT2D eigenvalue weighted by molar-refractivity contribution is 5.74. The summed E-state index contributed by atoms with van der Waals surface area (Å²) in [4.78, 5) is 12.1. The van der Waals surface area contributed by atoms with Crippen molar-refractivity contribution in [3.8, 4) is 6.07 Å². The highest BCUT2D eigenvalue weighted by Crippen LogP contribution is 2.27. The van der Waals surface area contributed by atoms with E-state index in [0.717, 1.165) is 18.4 Å². The van der Waals surface area contributed by atoms with E-state index in [1.807, 2.05) is 12.1 Å². The van der Waals surface area contributed by atoms with Crippen LogP contribution in [0.15, 0.2) is 24.3 Å². The summed E-state index contributed by atoms with van der Waals surface area (Å²) in [6.07, 6.45) is 6.55. The minimum Gasteiger partial charge on any atom is -0.396 e. The van der Waals surface area contributed by atoms with Crippen LogP contribution in [0.25, 0.3) is 0 Å². The molecule has 1 aliphatic carbocycles. The monoisotopic (exact) mass is 315 g/mol. The first-order valence-electron chi connectivity index (χ1n) is 8.37. The standard InChI is InChI=1S/C18H25N3O2/c19-12-14-6-8-15(9-7-14)13-20-18(23)21-17(10-11-22)16-4-2-1-3-5-16/h6-9,16-17,22H,1-5,10-11,13H2,(H2,20,21,23). The molecule has 1 saturated carbocycles. The van der Waals surface area contributed by atoms with E-state index < -0.39 is 0 Å². The van der Waals surface area contributed by atoms with Gasteiger partial charge in [-0.1, -0.05) is 31.4 Å². The van der Waals surface area contributed by atoms with E-state index in [0.29, 0.717) is 24.4 Å². The van der Waals surface area contributed by atoms with Gasteiger partial charge in [-0.25, -0.2) is 4.79 Å². The number of nitrogens with zero attached hydrogens (tertiary/aromatic N) is 1. The van der Waals surface area contributed by atoms with Gasteiger partial charge < -0.3 is 15.7 Å². The highest BCUT2D eigenvalue weighted by Gasteiger charge is 2.24. The third kappa shape index (κ3) is 5.57. The summed E-state index contributed by atoms with van der Waals surface area (Å²) in [6, 6.07) is 9.08. The second-order valence-electron chi connectivity index (χ2n) is 6.15. The van der Waals surface area contributed by atoms with E-state index in [4.69, 9.17) is 5.26 Å². The minimum absolute atomic E-state index is 0.0428. The normalized spacial score (nSPS) is 16.3. The molecular weight excluding hydrogens is 290 g/mol. The molecule has 23 heavy (non-hydrogen) atoms. The lowest BCUT2D eigenvalue weighted by atomic mass is 9.83. The number of benzene rings is 1. The van der Waals surface area contributed by atoms with E-state index in [1.54, 1.807) is 12.1 Å². The fourth-order valence-electron chi connectivity index (χ4n) is 3.20. The molecule has 0 aromatic heterocycles. The number of urea groups is 1. The SMILES string of the molecule is N#Cc1ccc(CNC(=O)NC(CCO)C2CCCCC2)cc1. The Labute approximate surface area is 137 Å². The molecule has 0 spiro atoms. The number of nitriles is 1. The summed E-state index contributed by atoms with van der Waals surface area (Å²) in [5.74, 6) is 0.469. The van der Waals surface area contributed by atoms with Gasteiger partial charge in [0.05, 0.1) is 11.6 Å². The maximum absolute atomic E-state index is 12.1. The van der Waals surface area contributed by atoms with Crippen molar-refractivity contribution in [3.63, 3.8) is 0 Å². The molecule has 5 nitrogen and oxygen atoms in total. The third-order valence-corrected chi connectivity index (χ3v) is 4.51. The van der Waals surface area contributed by atoms with Crippen molar-refractivity contribution in [2.45, 2.75) is 51.1 Å². The Morgan fingerprint density at radius 2 is 1.96 bits per heavy atom. The van der Waals surface area contributed by atoms with Gasteiger partial charge in [0.2, 0.25) is 0 Å². The van der Waals surface area contributed by atoms with Crippen LogP contribution in [0.5, 0.6) is 0 Å². The van der Waals surface area contributed by atoms with Gasteiger partial charge in [-0.15, -0.1) is 0 Å². The van der Waals surface area contributed by atoms with Crippen molar-refractivity contribution in [2.24, 2.45) is 5.92 Å². The Morgan fingerprint density at radius 1 is 1.26 bits per heavy atom. The molecular formula is C18H25N3O2. The summed E-state index contributed by atoms with van der Waals surface area (Å²) in [5, 5.41) is 23.9. The van der Waals surface area contributed by atoms with Crippen LogP contribution < -0.4 is 10.6 Å². The Hall–Kier alpha value is -2.06. The van der Waals surface area contributed by atoms with E-state index in [-0.39, 0.29) is 18.7 Å². The predicted octanol–water partition coefficient (Wildman–Crippen LogP) is 2.69. The van der Waals surface area contributed by atoms with Gasteiger partial charge in [0.15, 0.2) is 0 Å². The zero-order valence-corrected chi connectivity index (χ0v) is 13.4. The highest BCUT2D eigenvalue weighted by atomic mass is 16.3. The maximum atomic E-state index is 12.1. The third-order valence-electron chi connectivity index (χ3n) is 4.51. The molecule has 3 N–H and O–H groups in total. The number of amides is 2. The first-order chi connectivity index (χ1) is 11.2. The maximum Gasteiger partial charge on any atom is 0.315 e. The first-order valence-corrected chi connectivity index (χ1v) is 8.37. The molecule has 2 rings (SSSR count). The van der Waals surface area contributed by atoms with Gasteiger partial charge in [0, 0.05) is 19.2 Å². The predicted molar refractivity (Wildman–Crippen MR) is 88.6 cm³/mol. The summed E-state index contributed by atoms with van der Waals surface area (Å²) >= 11 is 0. The number of carbonyl (C=O) groups excluding carboxylic acids is 1. The second kappa shape index (κ2) is 9.16. The minimum atomic E-state index is -0.196. The van der Waals surface area contributed by atoms with Gasteiger partial charge in [-0.2, -0.15) is 5.26 Å². The number of hydrogen-bond acceptors (Lipinski definition) is 3. The van der Waals surface area contributed by atoms with Crippen LogP contribution in [-0.4, -0.2) is 23.8 Å². The molecule has 1 aromatic rings. The molecule has 1 fully saturated rings. The molecule has 1 unspecified atom stereocenters. The van der Waals surface area contributed by atoms with E-state index in [1.165, 1.54) is 19.3 Å². The van der Waals surface area contributed by atoms with Gasteiger partial charge >= 0.3 is 6.03 Å². The summed E-state index contributed by atoms with van der Waals surface area (Å²) in [5.41, 5.74) is 1.56. The van der Waals surface area contributed by atoms with Gasteiger partial charge in [-0.05, 0) is 42.9 Å². The van der Waals surface area contributed by atoms with Crippen molar-refractivity contribution in [1.82, 2.24) is 10.6 Å². The first kappa shape index (κ1) is 17.3. The summed E-state index contributed by atoms with van der Waals surface area (Å²) < 4.78 is 0. The number of rotatable bonds is 6. The number of nitrogens with one attached hydrogen (secondary N) is 2. The van der Waals surface area contributed by atoms with E-state index in [9.17, 15) is 9.90 Å². The largest absolute Gasteiger partial charge is 0.396 e. The topological polar surface area (TPSA) is 85.2 Å². The molecule has 1 aromatic carbocycles. The van der Waals surface area contributed by atoms with Crippen LogP contribution in [0, 0.1) is 17.2 Å². The van der Waals surface area contributed by atoms with Crippen LogP contribution in [0.2, 0.25) is 0 Å². The molecule has 1 aliphatic rings. The molecule has 0 aliphatic heterocycles. The molecule has 2 amide bonds. The van der Waals surface area contributed by atoms with Crippen LogP contribution in [-0.2, 0) is 6.54 Å². The smallest absolute Gasteiger partial charge is 0.315 e. The fourth-order valence-corrected chi connectivity index (χ4v) is 3.20. The Bertz CT molecular complexity index is 530. The quantitative estimate of drug-likeness (QED) is 0.754. The van der Waals surface area contributed by atoms with Gasteiger partial charge in [0.1, 0.15) is 0 Å². The summed E-state index contributed by atoms with van der Waals surface area (Å²) in [6.45, 7) is 0.519.